The number of aryl methyl sites for hydroxylation is 3. The van der Waals surface area contributed by atoms with Crippen molar-refractivity contribution in [1.29, 1.82) is 0 Å². The quantitative estimate of drug-likeness (QED) is 0.374. The van der Waals surface area contributed by atoms with Crippen LogP contribution >= 0.6 is 0 Å². The van der Waals surface area contributed by atoms with Gasteiger partial charge in [0, 0.05) is 11.3 Å². The Kier molecular flexibility index (Phi) is 5.00. The Balaban J connectivity index is 1.99. The summed E-state index contributed by atoms with van der Waals surface area (Å²) in [5.41, 5.74) is 4.97. The summed E-state index contributed by atoms with van der Waals surface area (Å²) in [6.07, 6.45) is 0. The molecular formula is C26H23NO3. The van der Waals surface area contributed by atoms with Gasteiger partial charge in [-0.1, -0.05) is 72.3 Å². The molecule has 1 fully saturated rings. The van der Waals surface area contributed by atoms with Crippen molar-refractivity contribution in [3.05, 3.63) is 106 Å². The summed E-state index contributed by atoms with van der Waals surface area (Å²) in [7, 11) is 0. The van der Waals surface area contributed by atoms with Crippen LogP contribution in [0.1, 0.15) is 33.9 Å². The summed E-state index contributed by atoms with van der Waals surface area (Å²) >= 11 is 0. The van der Waals surface area contributed by atoms with E-state index in [1.54, 1.807) is 12.1 Å². The topological polar surface area (TPSA) is 57.6 Å². The monoisotopic (exact) mass is 397 g/mol. The lowest BCUT2D eigenvalue weighted by molar-refractivity contribution is -0.132. The fourth-order valence-corrected chi connectivity index (χ4v) is 3.97. The van der Waals surface area contributed by atoms with E-state index in [0.717, 1.165) is 22.3 Å². The molecule has 30 heavy (non-hydrogen) atoms. The summed E-state index contributed by atoms with van der Waals surface area (Å²) in [5.74, 6) is -1.46. The molecule has 150 valence electrons. The third kappa shape index (κ3) is 3.20. The average molecular weight is 397 g/mol. The van der Waals surface area contributed by atoms with Crippen LogP contribution in [-0.2, 0) is 9.59 Å². The molecule has 0 aromatic heterocycles. The molecule has 1 N–H and O–H groups in total. The first-order chi connectivity index (χ1) is 14.4. The van der Waals surface area contributed by atoms with Crippen molar-refractivity contribution in [3.8, 4) is 0 Å². The molecule has 1 heterocycles. The van der Waals surface area contributed by atoms with Gasteiger partial charge in [-0.3, -0.25) is 14.5 Å². The van der Waals surface area contributed by atoms with E-state index in [2.05, 4.69) is 0 Å². The molecule has 1 atom stereocenters. The molecule has 3 aromatic rings. The molecule has 1 aliphatic rings. The maximum Gasteiger partial charge on any atom is 0.300 e. The number of hydrogen-bond acceptors (Lipinski definition) is 3. The minimum atomic E-state index is -0.700. The summed E-state index contributed by atoms with van der Waals surface area (Å²) in [5, 5.41) is 11.1. The fraction of sp³-hybridized carbons (Fsp3) is 0.154. The van der Waals surface area contributed by atoms with Crippen LogP contribution in [0.25, 0.3) is 5.76 Å². The van der Waals surface area contributed by atoms with Gasteiger partial charge >= 0.3 is 0 Å². The number of aliphatic hydroxyl groups is 1. The smallest absolute Gasteiger partial charge is 0.300 e. The Morgan fingerprint density at radius 3 is 2.03 bits per heavy atom. The predicted molar refractivity (Wildman–Crippen MR) is 118 cm³/mol. The number of Topliss-reactive ketones (excluding diaryl/α,β-unsaturated/α-hetero) is 1. The van der Waals surface area contributed by atoms with E-state index >= 15 is 0 Å². The number of amides is 1. The Morgan fingerprint density at radius 1 is 0.800 bits per heavy atom. The average Bonchev–Trinajstić information content (AvgIpc) is 2.99. The Bertz CT molecular complexity index is 1170. The lowest BCUT2D eigenvalue weighted by atomic mass is 9.92. The zero-order chi connectivity index (χ0) is 21.4. The van der Waals surface area contributed by atoms with Gasteiger partial charge in [0.05, 0.1) is 11.6 Å². The molecule has 4 heteroatoms. The lowest BCUT2D eigenvalue weighted by Crippen LogP contribution is -2.30. The molecule has 0 bridgehead atoms. The molecule has 0 spiro atoms. The van der Waals surface area contributed by atoms with Crippen molar-refractivity contribution in [3.63, 3.8) is 0 Å². The largest absolute Gasteiger partial charge is 0.507 e. The van der Waals surface area contributed by atoms with Gasteiger partial charge in [-0.2, -0.15) is 0 Å². The standard InChI is InChI=1S/C26H23NO3/c1-16-12-14-19(15-13-16)24(28)22-23(20-10-6-4-8-17(20)2)27(26(30)25(22)29)21-11-7-5-9-18(21)3/h4-15,23,28H,1-3H3/b24-22+. The first kappa shape index (κ1) is 19.6. The van der Waals surface area contributed by atoms with Crippen LogP contribution in [-0.4, -0.2) is 16.8 Å². The molecule has 1 aliphatic heterocycles. The fourth-order valence-electron chi connectivity index (χ4n) is 3.97. The molecule has 1 unspecified atom stereocenters. The molecule has 1 saturated heterocycles. The minimum Gasteiger partial charge on any atom is -0.507 e. The normalized spacial score (nSPS) is 18.1. The predicted octanol–water partition coefficient (Wildman–Crippen LogP) is 5.24. The van der Waals surface area contributed by atoms with Gasteiger partial charge < -0.3 is 5.11 Å². The summed E-state index contributed by atoms with van der Waals surface area (Å²) in [4.78, 5) is 27.9. The van der Waals surface area contributed by atoms with Crippen LogP contribution in [0, 0.1) is 20.8 Å². The van der Waals surface area contributed by atoms with Gasteiger partial charge in [0.15, 0.2) is 0 Å². The number of benzene rings is 3. The van der Waals surface area contributed by atoms with Gasteiger partial charge in [0.25, 0.3) is 11.7 Å². The molecule has 0 saturated carbocycles. The Morgan fingerprint density at radius 2 is 1.40 bits per heavy atom. The maximum atomic E-state index is 13.2. The second-order valence-electron chi connectivity index (χ2n) is 7.68. The first-order valence-electron chi connectivity index (χ1n) is 9.89. The molecule has 0 aliphatic carbocycles. The number of carbonyl (C=O) groups excluding carboxylic acids is 2. The van der Waals surface area contributed by atoms with Gasteiger partial charge in [0.2, 0.25) is 0 Å². The van der Waals surface area contributed by atoms with Crippen molar-refractivity contribution >= 4 is 23.1 Å². The van der Waals surface area contributed by atoms with Crippen LogP contribution in [0.2, 0.25) is 0 Å². The van der Waals surface area contributed by atoms with Crippen molar-refractivity contribution in [2.75, 3.05) is 4.90 Å². The van der Waals surface area contributed by atoms with Gasteiger partial charge in [-0.05, 0) is 43.5 Å². The van der Waals surface area contributed by atoms with Crippen LogP contribution in [0.3, 0.4) is 0 Å². The highest BCUT2D eigenvalue weighted by Gasteiger charge is 2.47. The third-order valence-electron chi connectivity index (χ3n) is 5.63. The number of aliphatic hydroxyl groups excluding tert-OH is 1. The SMILES string of the molecule is Cc1ccc(/C(O)=C2\C(=O)C(=O)N(c3ccccc3C)C2c2ccccc2C)cc1. The van der Waals surface area contributed by atoms with E-state index in [0.29, 0.717) is 11.3 Å². The van der Waals surface area contributed by atoms with Gasteiger partial charge in [-0.15, -0.1) is 0 Å². The molecular weight excluding hydrogens is 374 g/mol. The van der Waals surface area contributed by atoms with E-state index in [1.165, 1.54) is 4.90 Å². The van der Waals surface area contributed by atoms with Crippen LogP contribution in [0.5, 0.6) is 0 Å². The zero-order valence-corrected chi connectivity index (χ0v) is 17.2. The van der Waals surface area contributed by atoms with Crippen molar-refractivity contribution in [1.82, 2.24) is 0 Å². The second-order valence-corrected chi connectivity index (χ2v) is 7.68. The number of hydrogen-bond donors (Lipinski definition) is 1. The highest BCUT2D eigenvalue weighted by molar-refractivity contribution is 6.51. The van der Waals surface area contributed by atoms with E-state index in [9.17, 15) is 14.7 Å². The van der Waals surface area contributed by atoms with Crippen LogP contribution in [0.4, 0.5) is 5.69 Å². The summed E-state index contributed by atoms with van der Waals surface area (Å²) < 4.78 is 0. The number of anilines is 1. The maximum absolute atomic E-state index is 13.2. The number of nitrogens with zero attached hydrogens (tertiary/aromatic N) is 1. The number of rotatable bonds is 3. The van der Waals surface area contributed by atoms with E-state index in [-0.39, 0.29) is 11.3 Å². The minimum absolute atomic E-state index is 0.112. The highest BCUT2D eigenvalue weighted by atomic mass is 16.3. The second kappa shape index (κ2) is 7.64. The Hall–Kier alpha value is -3.66. The van der Waals surface area contributed by atoms with E-state index < -0.39 is 17.7 Å². The number of ketones is 1. The molecule has 1 amide bonds. The van der Waals surface area contributed by atoms with Crippen molar-refractivity contribution < 1.29 is 14.7 Å². The molecule has 4 nitrogen and oxygen atoms in total. The zero-order valence-electron chi connectivity index (χ0n) is 17.2. The number of carbonyl (C=O) groups is 2. The lowest BCUT2D eigenvalue weighted by Gasteiger charge is -2.27. The molecule has 0 radical (unpaired) electrons. The van der Waals surface area contributed by atoms with Gasteiger partial charge in [0.1, 0.15) is 5.76 Å². The Labute approximate surface area is 176 Å². The highest BCUT2D eigenvalue weighted by Crippen LogP contribution is 2.43. The number of para-hydroxylation sites is 1. The van der Waals surface area contributed by atoms with Crippen molar-refractivity contribution in [2.24, 2.45) is 0 Å². The summed E-state index contributed by atoms with van der Waals surface area (Å²) in [6, 6.07) is 21.7. The van der Waals surface area contributed by atoms with Crippen LogP contribution in [0.15, 0.2) is 78.4 Å². The third-order valence-corrected chi connectivity index (χ3v) is 5.63. The van der Waals surface area contributed by atoms with Crippen molar-refractivity contribution in [2.45, 2.75) is 26.8 Å². The van der Waals surface area contributed by atoms with E-state index in [1.807, 2.05) is 81.4 Å². The van der Waals surface area contributed by atoms with Crippen LogP contribution < -0.4 is 4.90 Å². The summed E-state index contributed by atoms with van der Waals surface area (Å²) in [6.45, 7) is 5.80. The molecule has 3 aromatic carbocycles. The van der Waals surface area contributed by atoms with Gasteiger partial charge in [-0.25, -0.2) is 0 Å². The molecule has 4 rings (SSSR count). The first-order valence-corrected chi connectivity index (χ1v) is 9.89. The van der Waals surface area contributed by atoms with E-state index in [4.69, 9.17) is 0 Å².